The second-order valence-corrected chi connectivity index (χ2v) is 30.4. The number of aromatic nitrogens is 3. The second-order valence-electron chi connectivity index (χ2n) is 30.4. The summed E-state index contributed by atoms with van der Waals surface area (Å²) in [4.78, 5) is 15.6. The van der Waals surface area contributed by atoms with Gasteiger partial charge in [0.25, 0.3) is 0 Å². The summed E-state index contributed by atoms with van der Waals surface area (Å²) in [7, 11) is 0. The molecular weight excluding hydrogens is 1300 g/mol. The molecule has 0 spiro atoms. The smallest absolute Gasteiger partial charge is 0.0759 e. The Labute approximate surface area is 627 Å². The van der Waals surface area contributed by atoms with E-state index in [-0.39, 0.29) is 10.8 Å². The zero-order valence-electron chi connectivity index (χ0n) is 60.4. The highest BCUT2D eigenvalue weighted by atomic mass is 14.7. The molecule has 17 aromatic carbocycles. The summed E-state index contributed by atoms with van der Waals surface area (Å²) in [5, 5.41) is 20.2. The summed E-state index contributed by atoms with van der Waals surface area (Å²) in [6.07, 6.45) is 0. The fourth-order valence-electron chi connectivity index (χ4n) is 18.5. The van der Waals surface area contributed by atoms with Gasteiger partial charge in [0.15, 0.2) is 0 Å². The van der Waals surface area contributed by atoms with Gasteiger partial charge in [0.2, 0.25) is 0 Å². The zero-order valence-corrected chi connectivity index (χ0v) is 60.4. The molecule has 3 heterocycles. The van der Waals surface area contributed by atoms with Crippen LogP contribution in [-0.2, 0) is 10.8 Å². The Balaban J connectivity index is 0.000000138. The van der Waals surface area contributed by atoms with E-state index in [2.05, 4.69) is 380 Å². The van der Waals surface area contributed by atoms with E-state index < -0.39 is 0 Å². The van der Waals surface area contributed by atoms with Crippen molar-refractivity contribution in [3.05, 3.63) is 380 Å². The molecule has 506 valence electrons. The molecule has 0 bridgehead atoms. The van der Waals surface area contributed by atoms with Crippen molar-refractivity contribution in [3.63, 3.8) is 0 Å². The summed E-state index contributed by atoms with van der Waals surface area (Å²) < 4.78 is 0. The third kappa shape index (κ3) is 9.92. The van der Waals surface area contributed by atoms with Gasteiger partial charge in [-0.05, 0) is 202 Å². The van der Waals surface area contributed by atoms with Crippen molar-refractivity contribution in [2.75, 3.05) is 0 Å². The van der Waals surface area contributed by atoms with Crippen molar-refractivity contribution in [1.29, 1.82) is 0 Å². The van der Waals surface area contributed by atoms with Crippen molar-refractivity contribution in [2.45, 2.75) is 38.5 Å². The number of benzene rings is 17. The molecule has 3 nitrogen and oxygen atoms in total. The van der Waals surface area contributed by atoms with E-state index in [0.29, 0.717) is 0 Å². The molecule has 0 aliphatic heterocycles. The average molecular weight is 1370 g/mol. The molecule has 0 saturated carbocycles. The van der Waals surface area contributed by atoms with Crippen LogP contribution in [0.15, 0.2) is 358 Å². The van der Waals surface area contributed by atoms with Crippen molar-refractivity contribution >= 4 is 97.2 Å². The van der Waals surface area contributed by atoms with E-state index in [1.807, 2.05) is 6.07 Å². The van der Waals surface area contributed by atoms with Crippen molar-refractivity contribution in [3.8, 4) is 101 Å². The third-order valence-corrected chi connectivity index (χ3v) is 23.6. The number of fused-ring (bicyclic) bond motifs is 21. The Morgan fingerprint density at radius 2 is 0.519 bits per heavy atom. The lowest BCUT2D eigenvalue weighted by atomic mass is 9.78. The molecule has 0 saturated heterocycles. The highest BCUT2D eigenvalue weighted by molar-refractivity contribution is 6.28. The van der Waals surface area contributed by atoms with E-state index in [0.717, 1.165) is 44.9 Å². The third-order valence-electron chi connectivity index (χ3n) is 23.6. The highest BCUT2D eigenvalue weighted by Crippen LogP contribution is 2.56. The van der Waals surface area contributed by atoms with Crippen LogP contribution in [0.4, 0.5) is 0 Å². The average Bonchev–Trinajstić information content (AvgIpc) is 1.54. The fraction of sp³-hybridized carbons (Fsp3) is 0.0571. The molecule has 0 N–H and O–H groups in total. The van der Waals surface area contributed by atoms with Crippen LogP contribution in [-0.4, -0.2) is 15.0 Å². The molecule has 0 unspecified atom stereocenters. The Morgan fingerprint density at radius 3 is 1.01 bits per heavy atom. The summed E-state index contributed by atoms with van der Waals surface area (Å²) >= 11 is 0. The van der Waals surface area contributed by atoms with Crippen LogP contribution < -0.4 is 0 Å². The maximum atomic E-state index is 5.25. The van der Waals surface area contributed by atoms with Crippen LogP contribution in [0.1, 0.15) is 49.9 Å². The first-order valence-corrected chi connectivity index (χ1v) is 37.6. The van der Waals surface area contributed by atoms with Gasteiger partial charge < -0.3 is 0 Å². The van der Waals surface area contributed by atoms with Gasteiger partial charge in [0.1, 0.15) is 0 Å². The van der Waals surface area contributed by atoms with Gasteiger partial charge in [-0.25, -0.2) is 15.0 Å². The standard InChI is InChI=1S/C53H36N2.C52H35N/c1-53(2)46-19-10-8-17-42(46)52-51(53)50(43-18-9-11-20-49(43)55-52)35-25-23-33(24-26-35)36-27-29-40-41-30-28-37(32-45(41)39-16-7-6-15-38(39)44(40)31-36)48-22-12-21-47(54-48)34-13-4-3-5-14-34;1-52(2)47-20-9-7-17-43(47)51-50(52)49(44-18-8-10-21-48(44)53-51)34-24-22-32(23-25-34)35-26-28-41-42-29-27-36(38-19-11-13-33-12-3-4-14-37(33)38)31-46(42)40-16-6-5-15-39(40)45(41)30-35/h3-32H,1-2H3;3-31H,1-2H3. The lowest BCUT2D eigenvalue weighted by Crippen LogP contribution is -2.16. The van der Waals surface area contributed by atoms with Gasteiger partial charge in [0, 0.05) is 43.9 Å². The predicted octanol–water partition coefficient (Wildman–Crippen LogP) is 28.2. The monoisotopic (exact) mass is 1370 g/mol. The first-order chi connectivity index (χ1) is 53.1. The van der Waals surface area contributed by atoms with Crippen LogP contribution in [0.5, 0.6) is 0 Å². The van der Waals surface area contributed by atoms with Gasteiger partial charge in [-0.3, -0.25) is 0 Å². The molecule has 0 amide bonds. The number of pyridine rings is 3. The van der Waals surface area contributed by atoms with Gasteiger partial charge in [0.05, 0.1) is 33.8 Å². The van der Waals surface area contributed by atoms with Crippen LogP contribution in [0, 0.1) is 0 Å². The lowest BCUT2D eigenvalue weighted by molar-refractivity contribution is 0.661. The number of rotatable bonds is 7. The maximum absolute atomic E-state index is 5.25. The molecule has 20 aromatic rings. The maximum Gasteiger partial charge on any atom is 0.0759 e. The number of nitrogens with zero attached hydrogens (tertiary/aromatic N) is 3. The lowest BCUT2D eigenvalue weighted by Gasteiger charge is -2.25. The second kappa shape index (κ2) is 24.6. The van der Waals surface area contributed by atoms with Crippen LogP contribution in [0.3, 0.4) is 0 Å². The minimum atomic E-state index is -0.164. The zero-order chi connectivity index (χ0) is 71.9. The summed E-state index contributed by atoms with van der Waals surface area (Å²) in [6.45, 7) is 9.38. The van der Waals surface area contributed by atoms with Gasteiger partial charge >= 0.3 is 0 Å². The van der Waals surface area contributed by atoms with E-state index in [1.165, 1.54) is 175 Å². The van der Waals surface area contributed by atoms with E-state index >= 15 is 0 Å². The number of hydrogen-bond acceptors (Lipinski definition) is 3. The summed E-state index contributed by atoms with van der Waals surface area (Å²) in [5.41, 5.74) is 28.3. The quantitative estimate of drug-likeness (QED) is 0.149. The van der Waals surface area contributed by atoms with Gasteiger partial charge in [-0.15, -0.1) is 0 Å². The molecule has 2 aliphatic rings. The van der Waals surface area contributed by atoms with Crippen LogP contribution in [0.2, 0.25) is 0 Å². The largest absolute Gasteiger partial charge is 0.248 e. The Morgan fingerprint density at radius 1 is 0.194 bits per heavy atom. The van der Waals surface area contributed by atoms with Crippen molar-refractivity contribution < 1.29 is 0 Å². The van der Waals surface area contributed by atoms with Gasteiger partial charge in [-0.2, -0.15) is 0 Å². The normalized spacial score (nSPS) is 13.1. The van der Waals surface area contributed by atoms with Crippen LogP contribution >= 0.6 is 0 Å². The Hall–Kier alpha value is -13.5. The first-order valence-electron chi connectivity index (χ1n) is 37.6. The molecule has 0 radical (unpaired) electrons. The molecule has 2 aliphatic carbocycles. The van der Waals surface area contributed by atoms with Gasteiger partial charge in [-0.1, -0.05) is 337 Å². The minimum absolute atomic E-state index is 0.158. The van der Waals surface area contributed by atoms with E-state index in [4.69, 9.17) is 15.0 Å². The van der Waals surface area contributed by atoms with Crippen LogP contribution in [0.25, 0.3) is 198 Å². The highest BCUT2D eigenvalue weighted by Gasteiger charge is 2.41. The molecular formula is C105H71N3. The molecule has 108 heavy (non-hydrogen) atoms. The summed E-state index contributed by atoms with van der Waals surface area (Å²) in [6, 6.07) is 131. The van der Waals surface area contributed by atoms with Crippen molar-refractivity contribution in [1.82, 2.24) is 15.0 Å². The van der Waals surface area contributed by atoms with E-state index in [9.17, 15) is 0 Å². The van der Waals surface area contributed by atoms with E-state index in [1.54, 1.807) is 0 Å². The molecule has 0 fully saturated rings. The SMILES string of the molecule is CC1(C)c2ccccc2-c2nc3ccccc3c(-c3ccc(-c4ccc5c6ccc(-c7cccc(-c8ccccc8)n7)cc6c6ccccc6c5c4)cc3)c21.CC1(C)c2ccccc2-c2nc3ccccc3c(-c3ccc(-c4ccc5c6ccc(-c7cccc8ccccc78)cc6c6ccccc6c5c4)cc3)c21. The number of hydrogen-bond donors (Lipinski definition) is 0. The Bertz CT molecular complexity index is 7100. The predicted molar refractivity (Wildman–Crippen MR) is 457 cm³/mol. The molecule has 22 rings (SSSR count). The summed E-state index contributed by atoms with van der Waals surface area (Å²) in [5.74, 6) is 0. The van der Waals surface area contributed by atoms with Crippen molar-refractivity contribution in [2.24, 2.45) is 0 Å². The molecule has 3 heteroatoms. The number of para-hydroxylation sites is 2. The molecule has 0 atom stereocenters. The fourth-order valence-corrected chi connectivity index (χ4v) is 18.5. The Kier molecular flexibility index (Phi) is 14.3. The topological polar surface area (TPSA) is 38.7 Å². The minimum Gasteiger partial charge on any atom is -0.248 e. The molecule has 3 aromatic heterocycles. The first kappa shape index (κ1) is 63.0.